The zero-order valence-electron chi connectivity index (χ0n) is 12.9. The second-order valence-electron chi connectivity index (χ2n) is 5.29. The van der Waals surface area contributed by atoms with Crippen molar-refractivity contribution in [2.45, 2.75) is 6.54 Å². The van der Waals surface area contributed by atoms with Crippen molar-refractivity contribution in [1.82, 2.24) is 25.3 Å². The lowest BCUT2D eigenvalue weighted by molar-refractivity contribution is -0.132. The Bertz CT molecular complexity index is 610. The van der Waals surface area contributed by atoms with Gasteiger partial charge in [-0.3, -0.25) is 9.69 Å². The molecule has 23 heavy (non-hydrogen) atoms. The number of nitrogens with one attached hydrogen (secondary N) is 1. The molecule has 0 atom stereocenters. The Morgan fingerprint density at radius 1 is 1.43 bits per heavy atom. The van der Waals surface area contributed by atoms with Crippen molar-refractivity contribution in [1.29, 1.82) is 0 Å². The molecular weight excluding hydrogens is 322 g/mol. The number of aromatic nitrogens is 2. The van der Waals surface area contributed by atoms with Gasteiger partial charge in [0.1, 0.15) is 0 Å². The van der Waals surface area contributed by atoms with E-state index in [1.807, 2.05) is 16.8 Å². The first-order valence-corrected chi connectivity index (χ1v) is 7.26. The summed E-state index contributed by atoms with van der Waals surface area (Å²) < 4.78 is 10.4. The highest BCUT2D eigenvalue weighted by atomic mass is 35.5. The van der Waals surface area contributed by atoms with E-state index in [0.29, 0.717) is 30.6 Å². The van der Waals surface area contributed by atoms with Crippen molar-refractivity contribution >= 4 is 18.3 Å². The summed E-state index contributed by atoms with van der Waals surface area (Å²) in [5, 5.41) is 7.10. The number of furan rings is 1. The van der Waals surface area contributed by atoms with E-state index < -0.39 is 0 Å². The summed E-state index contributed by atoms with van der Waals surface area (Å²) in [6.07, 6.45) is 1.56. The highest BCUT2D eigenvalue weighted by Crippen LogP contribution is 2.16. The highest BCUT2D eigenvalue weighted by molar-refractivity contribution is 5.85. The van der Waals surface area contributed by atoms with E-state index in [-0.39, 0.29) is 18.3 Å². The van der Waals surface area contributed by atoms with Crippen molar-refractivity contribution < 1.29 is 13.7 Å². The zero-order chi connectivity index (χ0) is 15.4. The van der Waals surface area contributed by atoms with Crippen LogP contribution in [-0.4, -0.2) is 65.6 Å². The second kappa shape index (κ2) is 8.09. The van der Waals surface area contributed by atoms with Crippen LogP contribution in [0, 0.1) is 0 Å². The minimum Gasteiger partial charge on any atom is -0.461 e. The molecule has 0 aliphatic carbocycles. The summed E-state index contributed by atoms with van der Waals surface area (Å²) in [6.45, 7) is 3.98. The van der Waals surface area contributed by atoms with Gasteiger partial charge < -0.3 is 19.2 Å². The van der Waals surface area contributed by atoms with Gasteiger partial charge in [0.05, 0.1) is 19.4 Å². The van der Waals surface area contributed by atoms with Crippen molar-refractivity contribution in [2.75, 3.05) is 39.8 Å². The van der Waals surface area contributed by atoms with Gasteiger partial charge in [0.15, 0.2) is 5.76 Å². The van der Waals surface area contributed by atoms with Gasteiger partial charge in [-0.2, -0.15) is 4.98 Å². The van der Waals surface area contributed by atoms with E-state index in [2.05, 4.69) is 15.5 Å². The minimum absolute atomic E-state index is 0. The molecule has 0 radical (unpaired) electrons. The van der Waals surface area contributed by atoms with Crippen molar-refractivity contribution in [3.05, 3.63) is 24.3 Å². The summed E-state index contributed by atoms with van der Waals surface area (Å²) in [4.78, 5) is 20.2. The largest absolute Gasteiger partial charge is 0.461 e. The van der Waals surface area contributed by atoms with Crippen LogP contribution in [0.25, 0.3) is 11.6 Å². The normalized spacial score (nSPS) is 14.8. The number of hydrogen-bond donors (Lipinski definition) is 1. The first kappa shape index (κ1) is 17.5. The molecule has 0 spiro atoms. The molecule has 126 valence electrons. The molecule has 0 saturated carbocycles. The summed E-state index contributed by atoms with van der Waals surface area (Å²) in [7, 11) is 1.86. The predicted molar refractivity (Wildman–Crippen MR) is 85.0 cm³/mol. The summed E-state index contributed by atoms with van der Waals surface area (Å²) in [5.41, 5.74) is 0. The Morgan fingerprint density at radius 2 is 2.22 bits per heavy atom. The van der Waals surface area contributed by atoms with Crippen LogP contribution in [0.2, 0.25) is 0 Å². The molecule has 1 N–H and O–H groups in total. The topological polar surface area (TPSA) is 87.6 Å². The van der Waals surface area contributed by atoms with E-state index in [1.54, 1.807) is 18.4 Å². The predicted octanol–water partition coefficient (Wildman–Crippen LogP) is 0.615. The van der Waals surface area contributed by atoms with Gasteiger partial charge in [-0.05, 0) is 19.2 Å². The van der Waals surface area contributed by atoms with Gasteiger partial charge in [-0.1, -0.05) is 5.16 Å². The molecule has 1 aliphatic heterocycles. The lowest BCUT2D eigenvalue weighted by atomic mass is 10.3. The minimum atomic E-state index is 0. The molecule has 1 fully saturated rings. The Morgan fingerprint density at radius 3 is 2.91 bits per heavy atom. The van der Waals surface area contributed by atoms with Gasteiger partial charge in [0, 0.05) is 26.2 Å². The summed E-state index contributed by atoms with van der Waals surface area (Å²) in [5.74, 6) is 1.56. The quantitative estimate of drug-likeness (QED) is 0.852. The first-order chi connectivity index (χ1) is 10.7. The van der Waals surface area contributed by atoms with Crippen molar-refractivity contribution in [3.8, 4) is 11.6 Å². The fraction of sp³-hybridized carbons (Fsp3) is 0.500. The number of carbonyl (C=O) groups is 1. The van der Waals surface area contributed by atoms with E-state index in [1.165, 1.54) is 0 Å². The zero-order valence-corrected chi connectivity index (χ0v) is 13.7. The molecule has 1 aliphatic rings. The molecule has 3 heterocycles. The van der Waals surface area contributed by atoms with Crippen LogP contribution < -0.4 is 5.32 Å². The van der Waals surface area contributed by atoms with Crippen LogP contribution in [0.5, 0.6) is 0 Å². The Labute approximate surface area is 140 Å². The number of amides is 1. The summed E-state index contributed by atoms with van der Waals surface area (Å²) >= 11 is 0. The number of hydrogen-bond acceptors (Lipinski definition) is 7. The maximum Gasteiger partial charge on any atom is 0.241 e. The maximum atomic E-state index is 12.2. The van der Waals surface area contributed by atoms with Gasteiger partial charge in [0.2, 0.25) is 17.6 Å². The van der Waals surface area contributed by atoms with E-state index in [0.717, 1.165) is 26.2 Å². The number of halogens is 1. The number of likely N-dealkylation sites (N-methyl/N-ethyl adjacent to an activating group) is 1. The molecular formula is C14H20ClN5O3. The van der Waals surface area contributed by atoms with Crippen molar-refractivity contribution in [3.63, 3.8) is 0 Å². The standard InChI is InChI=1S/C14H19N5O3.ClH/c1-18(10-13(20)19-6-4-15-5-7-19)9-12-16-14(17-22-12)11-3-2-8-21-11;/h2-3,8,15H,4-7,9-10H2,1H3;1H. The molecule has 9 heteroatoms. The Balaban J connectivity index is 0.00000192. The van der Waals surface area contributed by atoms with E-state index in [9.17, 15) is 4.79 Å². The van der Waals surface area contributed by atoms with Gasteiger partial charge in [0.25, 0.3) is 0 Å². The second-order valence-corrected chi connectivity index (χ2v) is 5.29. The third-order valence-electron chi connectivity index (χ3n) is 3.49. The number of piperazine rings is 1. The third-order valence-corrected chi connectivity index (χ3v) is 3.49. The van der Waals surface area contributed by atoms with Crippen LogP contribution in [0.15, 0.2) is 27.3 Å². The monoisotopic (exact) mass is 341 g/mol. The molecule has 3 rings (SSSR count). The van der Waals surface area contributed by atoms with Crippen molar-refractivity contribution in [2.24, 2.45) is 0 Å². The highest BCUT2D eigenvalue weighted by Gasteiger charge is 2.19. The van der Waals surface area contributed by atoms with Crippen LogP contribution in [0.4, 0.5) is 0 Å². The summed E-state index contributed by atoms with van der Waals surface area (Å²) in [6, 6.07) is 3.54. The van der Waals surface area contributed by atoms with Gasteiger partial charge in [-0.25, -0.2) is 0 Å². The Hall–Kier alpha value is -1.90. The smallest absolute Gasteiger partial charge is 0.241 e. The fourth-order valence-electron chi connectivity index (χ4n) is 2.36. The van der Waals surface area contributed by atoms with Crippen LogP contribution in [0.3, 0.4) is 0 Å². The van der Waals surface area contributed by atoms with Crippen LogP contribution in [0.1, 0.15) is 5.89 Å². The third kappa shape index (κ3) is 4.54. The van der Waals surface area contributed by atoms with Crippen LogP contribution in [-0.2, 0) is 11.3 Å². The molecule has 1 saturated heterocycles. The lowest BCUT2D eigenvalue weighted by Gasteiger charge is -2.28. The molecule has 8 nitrogen and oxygen atoms in total. The lowest BCUT2D eigenvalue weighted by Crippen LogP contribution is -2.49. The molecule has 0 aromatic carbocycles. The van der Waals surface area contributed by atoms with Gasteiger partial charge in [-0.15, -0.1) is 12.4 Å². The maximum absolute atomic E-state index is 12.2. The average molecular weight is 342 g/mol. The average Bonchev–Trinajstić information content (AvgIpc) is 3.19. The SMILES string of the molecule is CN(CC(=O)N1CCNCC1)Cc1nc(-c2ccco2)no1.Cl. The number of rotatable bonds is 5. The Kier molecular flexibility index (Phi) is 6.14. The molecule has 0 bridgehead atoms. The molecule has 1 amide bonds. The van der Waals surface area contributed by atoms with E-state index >= 15 is 0 Å². The fourth-order valence-corrected chi connectivity index (χ4v) is 2.36. The van der Waals surface area contributed by atoms with E-state index in [4.69, 9.17) is 8.94 Å². The molecule has 2 aromatic heterocycles. The number of carbonyl (C=O) groups excluding carboxylic acids is 1. The molecule has 2 aromatic rings. The van der Waals surface area contributed by atoms with Gasteiger partial charge >= 0.3 is 0 Å². The molecule has 0 unspecified atom stereocenters. The first-order valence-electron chi connectivity index (χ1n) is 7.26. The van der Waals surface area contributed by atoms with Crippen LogP contribution >= 0.6 is 12.4 Å². The number of nitrogens with zero attached hydrogens (tertiary/aromatic N) is 4.